The van der Waals surface area contributed by atoms with Gasteiger partial charge < -0.3 is 10.5 Å². The van der Waals surface area contributed by atoms with Gasteiger partial charge >= 0.3 is 0 Å². The molecule has 1 aromatic rings. The summed E-state index contributed by atoms with van der Waals surface area (Å²) >= 11 is 0. The highest BCUT2D eigenvalue weighted by molar-refractivity contribution is 5.31. The van der Waals surface area contributed by atoms with Gasteiger partial charge in [0.05, 0.1) is 0 Å². The lowest BCUT2D eigenvalue weighted by Crippen LogP contribution is -2.28. The summed E-state index contributed by atoms with van der Waals surface area (Å²) in [6.07, 6.45) is 4.77. The summed E-state index contributed by atoms with van der Waals surface area (Å²) in [6, 6.07) is 4.88. The van der Waals surface area contributed by atoms with Crippen molar-refractivity contribution in [2.24, 2.45) is 11.7 Å². The second-order valence-corrected chi connectivity index (χ2v) is 5.40. The molecule has 3 heteroatoms. The van der Waals surface area contributed by atoms with Crippen molar-refractivity contribution in [1.29, 1.82) is 0 Å². The second-order valence-electron chi connectivity index (χ2n) is 5.40. The lowest BCUT2D eigenvalue weighted by atomic mass is 9.88. The Balaban J connectivity index is 2.09. The Bertz CT molecular complexity index is 405. The van der Waals surface area contributed by atoms with Crippen LogP contribution < -0.4 is 10.5 Å². The van der Waals surface area contributed by atoms with Crippen LogP contribution in [0.15, 0.2) is 18.2 Å². The van der Waals surface area contributed by atoms with Gasteiger partial charge in [0.1, 0.15) is 6.10 Å². The highest BCUT2D eigenvalue weighted by Crippen LogP contribution is 2.30. The first kappa shape index (κ1) is 13.3. The third-order valence-corrected chi connectivity index (χ3v) is 3.79. The van der Waals surface area contributed by atoms with Crippen LogP contribution in [0.4, 0.5) is 4.39 Å². The molecule has 0 heterocycles. The first-order valence-electron chi connectivity index (χ1n) is 6.79. The fourth-order valence-electron chi connectivity index (χ4n) is 2.52. The lowest BCUT2D eigenvalue weighted by Gasteiger charge is -2.29. The summed E-state index contributed by atoms with van der Waals surface area (Å²) in [5.41, 5.74) is 6.53. The molecule has 0 aromatic heterocycles. The first-order chi connectivity index (χ1) is 8.58. The minimum atomic E-state index is -0.303. The average molecular weight is 251 g/mol. The first-order valence-corrected chi connectivity index (χ1v) is 6.79. The maximum Gasteiger partial charge on any atom is 0.165 e. The number of hydrogen-bond donors (Lipinski definition) is 1. The zero-order chi connectivity index (χ0) is 13.1. The van der Waals surface area contributed by atoms with Gasteiger partial charge in [0.15, 0.2) is 11.6 Å². The summed E-state index contributed by atoms with van der Waals surface area (Å²) in [4.78, 5) is 0. The molecule has 0 bridgehead atoms. The molecule has 18 heavy (non-hydrogen) atoms. The Morgan fingerprint density at radius 3 is 2.67 bits per heavy atom. The minimum absolute atomic E-state index is 0.148. The largest absolute Gasteiger partial charge is 0.487 e. The van der Waals surface area contributed by atoms with Crippen LogP contribution in [-0.4, -0.2) is 6.10 Å². The maximum absolute atomic E-state index is 13.9. The van der Waals surface area contributed by atoms with Gasteiger partial charge in [-0.1, -0.05) is 19.4 Å². The van der Waals surface area contributed by atoms with E-state index >= 15 is 0 Å². The van der Waals surface area contributed by atoms with Gasteiger partial charge in [-0.25, -0.2) is 4.39 Å². The molecular weight excluding hydrogens is 229 g/mol. The van der Waals surface area contributed by atoms with E-state index in [-0.39, 0.29) is 18.0 Å². The van der Waals surface area contributed by atoms with Crippen LogP contribution >= 0.6 is 0 Å². The topological polar surface area (TPSA) is 35.2 Å². The zero-order valence-corrected chi connectivity index (χ0v) is 11.2. The van der Waals surface area contributed by atoms with E-state index in [4.69, 9.17) is 10.5 Å². The van der Waals surface area contributed by atoms with E-state index < -0.39 is 0 Å². The Morgan fingerprint density at radius 1 is 1.33 bits per heavy atom. The molecule has 2 nitrogen and oxygen atoms in total. The van der Waals surface area contributed by atoms with Crippen molar-refractivity contribution in [3.8, 4) is 5.75 Å². The molecule has 2 unspecified atom stereocenters. The Kier molecular flexibility index (Phi) is 4.23. The second kappa shape index (κ2) is 5.70. The SMILES string of the molecule is CC1CCCCC1Oc1ccc([C@H](C)N)cc1F. The number of rotatable bonds is 3. The number of hydrogen-bond acceptors (Lipinski definition) is 2. The van der Waals surface area contributed by atoms with Crippen molar-refractivity contribution in [3.63, 3.8) is 0 Å². The summed E-state index contributed by atoms with van der Waals surface area (Å²) in [5.74, 6) is 0.562. The van der Waals surface area contributed by atoms with Crippen LogP contribution in [0.1, 0.15) is 51.1 Å². The molecule has 0 saturated heterocycles. The van der Waals surface area contributed by atoms with E-state index in [0.717, 1.165) is 12.0 Å². The predicted molar refractivity (Wildman–Crippen MR) is 71.1 cm³/mol. The molecule has 1 aromatic carbocycles. The molecule has 3 atom stereocenters. The molecule has 2 N–H and O–H groups in total. The Labute approximate surface area is 108 Å². The van der Waals surface area contributed by atoms with Crippen molar-refractivity contribution < 1.29 is 9.13 Å². The number of halogens is 1. The summed E-state index contributed by atoms with van der Waals surface area (Å²) in [7, 11) is 0. The third kappa shape index (κ3) is 3.02. The van der Waals surface area contributed by atoms with Gasteiger partial charge in [-0.05, 0) is 49.8 Å². The molecule has 100 valence electrons. The van der Waals surface area contributed by atoms with Crippen molar-refractivity contribution in [2.45, 2.75) is 51.7 Å². The fourth-order valence-corrected chi connectivity index (χ4v) is 2.52. The monoisotopic (exact) mass is 251 g/mol. The predicted octanol–water partition coefficient (Wildman–Crippen LogP) is 3.80. The van der Waals surface area contributed by atoms with Crippen LogP contribution in [-0.2, 0) is 0 Å². The highest BCUT2D eigenvalue weighted by atomic mass is 19.1. The van der Waals surface area contributed by atoms with Gasteiger partial charge in [0, 0.05) is 6.04 Å². The summed E-state index contributed by atoms with van der Waals surface area (Å²) in [6.45, 7) is 4.02. The summed E-state index contributed by atoms with van der Waals surface area (Å²) < 4.78 is 19.7. The Hall–Kier alpha value is -1.09. The molecule has 2 rings (SSSR count). The van der Waals surface area contributed by atoms with Crippen LogP contribution in [0.5, 0.6) is 5.75 Å². The Morgan fingerprint density at radius 2 is 2.06 bits per heavy atom. The van der Waals surface area contributed by atoms with E-state index in [1.807, 2.05) is 13.0 Å². The van der Waals surface area contributed by atoms with Crippen molar-refractivity contribution in [2.75, 3.05) is 0 Å². The van der Waals surface area contributed by atoms with Gasteiger partial charge in [-0.3, -0.25) is 0 Å². The molecule has 0 spiro atoms. The van der Waals surface area contributed by atoms with Crippen molar-refractivity contribution in [3.05, 3.63) is 29.6 Å². The average Bonchev–Trinajstić information content (AvgIpc) is 2.34. The quantitative estimate of drug-likeness (QED) is 0.886. The fraction of sp³-hybridized carbons (Fsp3) is 0.600. The smallest absolute Gasteiger partial charge is 0.165 e. The molecule has 1 aliphatic carbocycles. The van der Waals surface area contributed by atoms with E-state index in [1.165, 1.54) is 25.3 Å². The molecule has 0 amide bonds. The van der Waals surface area contributed by atoms with Crippen molar-refractivity contribution >= 4 is 0 Å². The maximum atomic E-state index is 13.9. The molecule has 1 aliphatic rings. The molecule has 0 radical (unpaired) electrons. The molecule has 0 aliphatic heterocycles. The van der Waals surface area contributed by atoms with Crippen LogP contribution in [0.25, 0.3) is 0 Å². The number of nitrogens with two attached hydrogens (primary N) is 1. The standard InChI is InChI=1S/C15H22FNO/c1-10-5-3-4-6-14(10)18-15-8-7-12(11(2)17)9-13(15)16/h7-11,14H,3-6,17H2,1-2H3/t10?,11-,14?/m0/s1. The third-order valence-electron chi connectivity index (χ3n) is 3.79. The molecule has 1 saturated carbocycles. The highest BCUT2D eigenvalue weighted by Gasteiger charge is 2.23. The van der Waals surface area contributed by atoms with Gasteiger partial charge in [-0.2, -0.15) is 0 Å². The van der Waals surface area contributed by atoms with E-state index in [2.05, 4.69) is 6.92 Å². The van der Waals surface area contributed by atoms with Gasteiger partial charge in [0.25, 0.3) is 0 Å². The van der Waals surface area contributed by atoms with Crippen LogP contribution in [0, 0.1) is 11.7 Å². The van der Waals surface area contributed by atoms with Gasteiger partial charge in [0.2, 0.25) is 0 Å². The number of benzene rings is 1. The molecule has 1 fully saturated rings. The van der Waals surface area contributed by atoms with E-state index in [1.54, 1.807) is 6.07 Å². The minimum Gasteiger partial charge on any atom is -0.487 e. The van der Waals surface area contributed by atoms with Crippen LogP contribution in [0.2, 0.25) is 0 Å². The number of ether oxygens (including phenoxy) is 1. The van der Waals surface area contributed by atoms with Crippen molar-refractivity contribution in [1.82, 2.24) is 0 Å². The zero-order valence-electron chi connectivity index (χ0n) is 11.2. The van der Waals surface area contributed by atoms with E-state index in [9.17, 15) is 4.39 Å². The van der Waals surface area contributed by atoms with E-state index in [0.29, 0.717) is 11.7 Å². The molecular formula is C15H22FNO. The van der Waals surface area contributed by atoms with Crippen LogP contribution in [0.3, 0.4) is 0 Å². The summed E-state index contributed by atoms with van der Waals surface area (Å²) in [5, 5.41) is 0. The normalized spacial score (nSPS) is 25.8. The lowest BCUT2D eigenvalue weighted by molar-refractivity contribution is 0.0979. The van der Waals surface area contributed by atoms with Gasteiger partial charge in [-0.15, -0.1) is 0 Å².